The molecule has 0 aliphatic carbocycles. The molecule has 2 nitrogen and oxygen atoms in total. The van der Waals surface area contributed by atoms with Crippen molar-refractivity contribution in [3.05, 3.63) is 65.2 Å². The molecule has 0 bridgehead atoms. The fourth-order valence-electron chi connectivity index (χ4n) is 1.92. The van der Waals surface area contributed by atoms with Crippen LogP contribution in [0.5, 0.6) is 5.75 Å². The van der Waals surface area contributed by atoms with Crippen molar-refractivity contribution < 1.29 is 4.74 Å². The van der Waals surface area contributed by atoms with Crippen LogP contribution < -0.4 is 10.1 Å². The van der Waals surface area contributed by atoms with Gasteiger partial charge in [0, 0.05) is 28.8 Å². The molecule has 0 fully saturated rings. The van der Waals surface area contributed by atoms with Gasteiger partial charge in [-0.05, 0) is 82.1 Å². The molecule has 0 amide bonds. The molecule has 1 N–H and O–H groups in total. The topological polar surface area (TPSA) is 21.3 Å². The third-order valence-corrected chi connectivity index (χ3v) is 3.03. The average molecular weight is 317 g/mol. The van der Waals surface area contributed by atoms with Crippen molar-refractivity contribution in [3.8, 4) is 29.6 Å². The van der Waals surface area contributed by atoms with Gasteiger partial charge in [-0.15, -0.1) is 0 Å². The lowest BCUT2D eigenvalue weighted by molar-refractivity contribution is 0.242. The Labute approximate surface area is 145 Å². The van der Waals surface area contributed by atoms with E-state index in [1.165, 1.54) is 0 Å². The van der Waals surface area contributed by atoms with E-state index < -0.39 is 0 Å². The third-order valence-electron chi connectivity index (χ3n) is 3.03. The molecule has 0 atom stereocenters. The van der Waals surface area contributed by atoms with Crippen LogP contribution in [0, 0.1) is 23.8 Å². The average Bonchev–Trinajstić information content (AvgIpc) is 2.54. The molecule has 0 radical (unpaired) electrons. The minimum absolute atomic E-state index is 0.180. The second kappa shape index (κ2) is 8.70. The molecule has 2 aromatic carbocycles. The molecule has 0 saturated heterocycles. The lowest BCUT2D eigenvalue weighted by atomic mass is 10.1. The summed E-state index contributed by atoms with van der Waals surface area (Å²) in [5.41, 5.74) is 2.92. The second-order valence-corrected chi connectivity index (χ2v) is 6.07. The molecule has 0 aliphatic rings. The normalized spacial score (nSPS) is 9.75. The van der Waals surface area contributed by atoms with Gasteiger partial charge in [-0.1, -0.05) is 11.8 Å². The van der Waals surface area contributed by atoms with E-state index in [-0.39, 0.29) is 6.10 Å². The van der Waals surface area contributed by atoms with Gasteiger partial charge in [-0.3, -0.25) is 0 Å². The van der Waals surface area contributed by atoms with Crippen LogP contribution in [0.25, 0.3) is 0 Å². The summed E-state index contributed by atoms with van der Waals surface area (Å²) in [5, 5.41) is 3.07. The van der Waals surface area contributed by atoms with Crippen LogP contribution in [0.4, 0.5) is 0 Å². The first-order valence-corrected chi connectivity index (χ1v) is 8.18. The number of hydrogen-bond acceptors (Lipinski definition) is 2. The van der Waals surface area contributed by atoms with Crippen molar-refractivity contribution in [2.75, 3.05) is 0 Å². The van der Waals surface area contributed by atoms with Crippen molar-refractivity contribution in [3.63, 3.8) is 0 Å². The summed E-state index contributed by atoms with van der Waals surface area (Å²) in [5.74, 6) is 10.3. The van der Waals surface area contributed by atoms with Crippen LogP contribution in [-0.2, 0) is 0 Å². The van der Waals surface area contributed by atoms with E-state index in [2.05, 4.69) is 43.0 Å². The van der Waals surface area contributed by atoms with E-state index >= 15 is 0 Å². The molecular weight excluding hydrogens is 294 g/mol. The van der Waals surface area contributed by atoms with E-state index in [1.807, 2.05) is 62.4 Å². The summed E-state index contributed by atoms with van der Waals surface area (Å²) in [4.78, 5) is 0. The highest BCUT2D eigenvalue weighted by Gasteiger charge is 1.96. The molecule has 2 rings (SSSR count). The standard InChI is InChI=1S/C22H23NO/c1-17(2)23-16-15-21-9-7-19(8-10-21)5-6-20-11-13-22(14-12-20)24-18(3)4/h7-14,17-18,23H,1-4H3. The maximum absolute atomic E-state index is 5.63. The van der Waals surface area contributed by atoms with Gasteiger partial charge in [0.2, 0.25) is 0 Å². The van der Waals surface area contributed by atoms with Crippen molar-refractivity contribution in [1.82, 2.24) is 5.32 Å². The quantitative estimate of drug-likeness (QED) is 0.677. The first-order chi connectivity index (χ1) is 11.5. The fraction of sp³-hybridized carbons (Fsp3) is 0.273. The van der Waals surface area contributed by atoms with Gasteiger partial charge in [-0.25, -0.2) is 0 Å². The summed E-state index contributed by atoms with van der Waals surface area (Å²) in [6, 6.07) is 19.1. The first-order valence-electron chi connectivity index (χ1n) is 8.18. The van der Waals surface area contributed by atoms with Gasteiger partial charge in [0.05, 0.1) is 6.10 Å². The predicted octanol–water partition coefficient (Wildman–Crippen LogP) is 4.18. The van der Waals surface area contributed by atoms with Gasteiger partial charge in [0.25, 0.3) is 0 Å². The van der Waals surface area contributed by atoms with Gasteiger partial charge in [0.15, 0.2) is 0 Å². The highest BCUT2D eigenvalue weighted by atomic mass is 16.5. The molecular formula is C22H23NO. The zero-order valence-corrected chi connectivity index (χ0v) is 14.7. The fourth-order valence-corrected chi connectivity index (χ4v) is 1.92. The van der Waals surface area contributed by atoms with E-state index in [4.69, 9.17) is 4.74 Å². The SMILES string of the molecule is CC(C)NC#Cc1ccc(C#Cc2ccc(OC(C)C)cc2)cc1. The maximum Gasteiger partial charge on any atom is 0.119 e. The summed E-state index contributed by atoms with van der Waals surface area (Å²) in [7, 11) is 0. The largest absolute Gasteiger partial charge is 0.491 e. The molecule has 122 valence electrons. The summed E-state index contributed by atoms with van der Waals surface area (Å²) >= 11 is 0. The van der Waals surface area contributed by atoms with Crippen LogP contribution in [0.3, 0.4) is 0 Å². The predicted molar refractivity (Wildman–Crippen MR) is 99.8 cm³/mol. The van der Waals surface area contributed by atoms with Crippen molar-refractivity contribution in [2.45, 2.75) is 39.8 Å². The minimum Gasteiger partial charge on any atom is -0.491 e. The lowest BCUT2D eigenvalue weighted by Gasteiger charge is -2.08. The number of ether oxygens (including phenoxy) is 1. The molecule has 2 heteroatoms. The molecule has 0 spiro atoms. The summed E-state index contributed by atoms with van der Waals surface area (Å²) in [6.45, 7) is 8.16. The van der Waals surface area contributed by atoms with Crippen molar-refractivity contribution in [1.29, 1.82) is 0 Å². The molecule has 2 aromatic rings. The minimum atomic E-state index is 0.180. The number of nitrogens with one attached hydrogen (secondary N) is 1. The second-order valence-electron chi connectivity index (χ2n) is 6.07. The molecule has 0 heterocycles. The van der Waals surface area contributed by atoms with Crippen LogP contribution in [0.2, 0.25) is 0 Å². The zero-order chi connectivity index (χ0) is 17.4. The molecule has 24 heavy (non-hydrogen) atoms. The summed E-state index contributed by atoms with van der Waals surface area (Å²) < 4.78 is 5.63. The van der Waals surface area contributed by atoms with E-state index in [9.17, 15) is 0 Å². The van der Waals surface area contributed by atoms with Gasteiger partial charge >= 0.3 is 0 Å². The van der Waals surface area contributed by atoms with Crippen LogP contribution in [0.1, 0.15) is 44.4 Å². The van der Waals surface area contributed by atoms with E-state index in [1.54, 1.807) is 0 Å². The number of hydrogen-bond donors (Lipinski definition) is 1. The Morgan fingerprint density at radius 2 is 1.17 bits per heavy atom. The Bertz CT molecular complexity index is 763. The van der Waals surface area contributed by atoms with Gasteiger partial charge in [0.1, 0.15) is 5.75 Å². The molecule has 0 unspecified atom stereocenters. The van der Waals surface area contributed by atoms with Gasteiger partial charge in [-0.2, -0.15) is 0 Å². The van der Waals surface area contributed by atoms with Gasteiger partial charge < -0.3 is 10.1 Å². The zero-order valence-electron chi connectivity index (χ0n) is 14.7. The number of benzene rings is 2. The van der Waals surface area contributed by atoms with Crippen molar-refractivity contribution in [2.24, 2.45) is 0 Å². The van der Waals surface area contributed by atoms with Crippen LogP contribution in [-0.4, -0.2) is 12.1 Å². The number of rotatable bonds is 3. The van der Waals surface area contributed by atoms with Crippen molar-refractivity contribution >= 4 is 0 Å². The highest BCUT2D eigenvalue weighted by molar-refractivity contribution is 5.46. The van der Waals surface area contributed by atoms with Crippen LogP contribution >= 0.6 is 0 Å². The monoisotopic (exact) mass is 317 g/mol. The molecule has 0 saturated carbocycles. The Morgan fingerprint density at radius 3 is 1.62 bits per heavy atom. The van der Waals surface area contributed by atoms with Crippen LogP contribution in [0.15, 0.2) is 48.5 Å². The Hall–Kier alpha value is -2.84. The first kappa shape index (κ1) is 17.5. The Balaban J connectivity index is 2.01. The summed E-state index contributed by atoms with van der Waals surface area (Å²) in [6.07, 6.45) is 0.180. The smallest absolute Gasteiger partial charge is 0.119 e. The molecule has 0 aliphatic heterocycles. The Morgan fingerprint density at radius 1 is 0.708 bits per heavy atom. The maximum atomic E-state index is 5.63. The van der Waals surface area contributed by atoms with E-state index in [0.717, 1.165) is 22.4 Å². The van der Waals surface area contributed by atoms with E-state index in [0.29, 0.717) is 6.04 Å². The third kappa shape index (κ3) is 6.11. The lowest BCUT2D eigenvalue weighted by Crippen LogP contribution is -2.15. The molecule has 0 aromatic heterocycles. The Kier molecular flexibility index (Phi) is 6.35. The highest BCUT2D eigenvalue weighted by Crippen LogP contribution is 2.13.